The van der Waals surface area contributed by atoms with Gasteiger partial charge in [0.05, 0.1) is 12.1 Å². The minimum Gasteiger partial charge on any atom is -0.358 e. The number of rotatable bonds is 3. The van der Waals surface area contributed by atoms with Gasteiger partial charge in [-0.05, 0) is 13.0 Å². The molecule has 1 aromatic heterocycles. The topological polar surface area (TPSA) is 44.9 Å². The van der Waals surface area contributed by atoms with Crippen LogP contribution in [0.2, 0.25) is 0 Å². The molecular formula is C13H13ClN2O. The van der Waals surface area contributed by atoms with E-state index in [4.69, 9.17) is 11.6 Å². The first-order chi connectivity index (χ1) is 8.09. The molecule has 1 amide bonds. The van der Waals surface area contributed by atoms with Crippen molar-refractivity contribution in [2.75, 3.05) is 6.54 Å². The van der Waals surface area contributed by atoms with Crippen LogP contribution in [0.1, 0.15) is 16.1 Å². The molecule has 0 radical (unpaired) electrons. The zero-order valence-corrected chi connectivity index (χ0v) is 10.3. The Morgan fingerprint density at radius 2 is 2.18 bits per heavy atom. The number of hydrogen-bond acceptors (Lipinski definition) is 1. The molecule has 0 aliphatic heterocycles. The molecule has 3 nitrogen and oxygen atoms in total. The lowest BCUT2D eigenvalue weighted by molar-refractivity contribution is 0.0958. The number of nitrogens with one attached hydrogen (secondary N) is 2. The Balaban J connectivity index is 2.37. The van der Waals surface area contributed by atoms with E-state index in [0.29, 0.717) is 10.6 Å². The predicted molar refractivity (Wildman–Crippen MR) is 70.4 cm³/mol. The molecule has 0 spiro atoms. The lowest BCUT2D eigenvalue weighted by atomic mass is 10.1. The van der Waals surface area contributed by atoms with Crippen molar-refractivity contribution in [1.82, 2.24) is 10.3 Å². The van der Waals surface area contributed by atoms with Gasteiger partial charge in [-0.2, -0.15) is 0 Å². The molecule has 17 heavy (non-hydrogen) atoms. The van der Waals surface area contributed by atoms with Gasteiger partial charge in [0.2, 0.25) is 0 Å². The smallest absolute Gasteiger partial charge is 0.254 e. The quantitative estimate of drug-likeness (QED) is 0.862. The molecule has 88 valence electrons. The minimum atomic E-state index is -0.137. The molecule has 2 rings (SSSR count). The average Bonchev–Trinajstić information content (AvgIpc) is 2.61. The summed E-state index contributed by atoms with van der Waals surface area (Å²) in [5.41, 5.74) is 2.47. The molecule has 0 bridgehead atoms. The number of hydrogen-bond donors (Lipinski definition) is 2. The van der Waals surface area contributed by atoms with Gasteiger partial charge in [-0.15, -0.1) is 0 Å². The molecule has 0 aliphatic carbocycles. The highest BCUT2D eigenvalue weighted by Crippen LogP contribution is 2.21. The summed E-state index contributed by atoms with van der Waals surface area (Å²) in [6.07, 6.45) is 0. The summed E-state index contributed by atoms with van der Waals surface area (Å²) in [6.45, 7) is 5.69. The van der Waals surface area contributed by atoms with E-state index >= 15 is 0 Å². The zero-order chi connectivity index (χ0) is 12.4. The maximum Gasteiger partial charge on any atom is 0.254 e. The Morgan fingerprint density at radius 1 is 1.47 bits per heavy atom. The highest BCUT2D eigenvalue weighted by Gasteiger charge is 2.14. The van der Waals surface area contributed by atoms with Gasteiger partial charge < -0.3 is 10.3 Å². The second-order valence-electron chi connectivity index (χ2n) is 3.87. The first kappa shape index (κ1) is 11.7. The third kappa shape index (κ3) is 2.34. The number of fused-ring (bicyclic) bond motifs is 1. The molecule has 2 N–H and O–H groups in total. The van der Waals surface area contributed by atoms with Crippen LogP contribution < -0.4 is 5.32 Å². The number of amides is 1. The van der Waals surface area contributed by atoms with Crippen LogP contribution in [0.3, 0.4) is 0 Å². The number of carbonyl (C=O) groups excluding carboxylic acids is 1. The van der Waals surface area contributed by atoms with Crippen molar-refractivity contribution in [2.24, 2.45) is 0 Å². The molecule has 0 aliphatic rings. The fourth-order valence-corrected chi connectivity index (χ4v) is 1.90. The first-order valence-corrected chi connectivity index (χ1v) is 5.66. The van der Waals surface area contributed by atoms with Gasteiger partial charge in [-0.1, -0.05) is 36.4 Å². The van der Waals surface area contributed by atoms with E-state index < -0.39 is 0 Å². The number of aromatic amines is 1. The molecule has 1 aromatic carbocycles. The first-order valence-electron chi connectivity index (χ1n) is 5.28. The van der Waals surface area contributed by atoms with Crippen LogP contribution in [-0.4, -0.2) is 17.4 Å². The Bertz CT molecular complexity index is 586. The molecule has 0 unspecified atom stereocenters. The maximum atomic E-state index is 12.0. The number of aromatic nitrogens is 1. The van der Waals surface area contributed by atoms with Crippen molar-refractivity contribution in [1.29, 1.82) is 0 Å². The Morgan fingerprint density at radius 3 is 2.88 bits per heavy atom. The zero-order valence-electron chi connectivity index (χ0n) is 9.51. The molecular weight excluding hydrogens is 236 g/mol. The molecule has 2 aromatic rings. The predicted octanol–water partition coefficient (Wildman–Crippen LogP) is 2.96. The molecule has 0 fully saturated rings. The average molecular weight is 249 g/mol. The third-order valence-corrected chi connectivity index (χ3v) is 2.70. The van der Waals surface area contributed by atoms with Crippen LogP contribution in [0.15, 0.2) is 35.9 Å². The fourth-order valence-electron chi connectivity index (χ4n) is 1.83. The summed E-state index contributed by atoms with van der Waals surface area (Å²) >= 11 is 5.62. The van der Waals surface area contributed by atoms with E-state index in [1.165, 1.54) is 0 Å². The largest absolute Gasteiger partial charge is 0.358 e. The second kappa shape index (κ2) is 4.63. The standard InChI is InChI=1S/C13H13ClN2O/c1-8(14)7-15-13(17)12-9(2)16-11-6-4-3-5-10(11)12/h3-6,16H,1,7H2,2H3,(H,15,17). The minimum absolute atomic E-state index is 0.137. The number of benzene rings is 1. The van der Waals surface area contributed by atoms with Crippen LogP contribution in [0, 0.1) is 6.92 Å². The molecule has 0 saturated heterocycles. The van der Waals surface area contributed by atoms with E-state index in [-0.39, 0.29) is 12.5 Å². The highest BCUT2D eigenvalue weighted by atomic mass is 35.5. The highest BCUT2D eigenvalue weighted by molar-refractivity contribution is 6.29. The monoisotopic (exact) mass is 248 g/mol. The van der Waals surface area contributed by atoms with Crippen molar-refractivity contribution in [3.8, 4) is 0 Å². The normalized spacial score (nSPS) is 10.5. The van der Waals surface area contributed by atoms with Crippen molar-refractivity contribution in [2.45, 2.75) is 6.92 Å². The number of carbonyl (C=O) groups is 1. The van der Waals surface area contributed by atoms with Crippen LogP contribution in [0.25, 0.3) is 10.9 Å². The van der Waals surface area contributed by atoms with Crippen molar-refractivity contribution in [3.05, 3.63) is 47.1 Å². The maximum absolute atomic E-state index is 12.0. The lowest BCUT2D eigenvalue weighted by Crippen LogP contribution is -2.24. The molecule has 0 saturated carbocycles. The van der Waals surface area contributed by atoms with Crippen molar-refractivity contribution in [3.63, 3.8) is 0 Å². The van der Waals surface area contributed by atoms with Crippen molar-refractivity contribution >= 4 is 28.4 Å². The van der Waals surface area contributed by atoms with Crippen LogP contribution in [-0.2, 0) is 0 Å². The number of H-pyrrole nitrogens is 1. The number of halogens is 1. The van der Waals surface area contributed by atoms with Gasteiger partial charge in [0, 0.05) is 21.6 Å². The number of aryl methyl sites for hydroxylation is 1. The van der Waals surface area contributed by atoms with Gasteiger partial charge in [-0.3, -0.25) is 4.79 Å². The van der Waals surface area contributed by atoms with Crippen molar-refractivity contribution < 1.29 is 4.79 Å². The van der Waals surface area contributed by atoms with E-state index in [1.54, 1.807) is 0 Å². The third-order valence-electron chi connectivity index (χ3n) is 2.56. The van der Waals surface area contributed by atoms with E-state index in [0.717, 1.165) is 16.6 Å². The Hall–Kier alpha value is -1.74. The summed E-state index contributed by atoms with van der Waals surface area (Å²) < 4.78 is 0. The lowest BCUT2D eigenvalue weighted by Gasteiger charge is -2.03. The van der Waals surface area contributed by atoms with Gasteiger partial charge in [0.25, 0.3) is 5.91 Å². The fraction of sp³-hybridized carbons (Fsp3) is 0.154. The summed E-state index contributed by atoms with van der Waals surface area (Å²) in [6, 6.07) is 7.70. The summed E-state index contributed by atoms with van der Waals surface area (Å²) in [4.78, 5) is 15.2. The van der Waals surface area contributed by atoms with Crippen LogP contribution in [0.4, 0.5) is 0 Å². The Kier molecular flexibility index (Phi) is 3.20. The molecule has 4 heteroatoms. The molecule has 1 heterocycles. The molecule has 0 atom stereocenters. The van der Waals surface area contributed by atoms with Crippen LogP contribution >= 0.6 is 11.6 Å². The second-order valence-corrected chi connectivity index (χ2v) is 4.41. The summed E-state index contributed by atoms with van der Waals surface area (Å²) in [5, 5.41) is 4.06. The van der Waals surface area contributed by atoms with Gasteiger partial charge >= 0.3 is 0 Å². The summed E-state index contributed by atoms with van der Waals surface area (Å²) in [5.74, 6) is -0.137. The summed E-state index contributed by atoms with van der Waals surface area (Å²) in [7, 11) is 0. The van der Waals surface area contributed by atoms with E-state index in [1.807, 2.05) is 31.2 Å². The Labute approximate surface area is 104 Å². The SMILES string of the molecule is C=C(Cl)CNC(=O)c1c(C)[nH]c2ccccc12. The number of para-hydroxylation sites is 1. The van der Waals surface area contributed by atoms with Gasteiger partial charge in [-0.25, -0.2) is 0 Å². The van der Waals surface area contributed by atoms with E-state index in [9.17, 15) is 4.79 Å². The van der Waals surface area contributed by atoms with Gasteiger partial charge in [0.1, 0.15) is 0 Å². The van der Waals surface area contributed by atoms with E-state index in [2.05, 4.69) is 16.9 Å². The van der Waals surface area contributed by atoms with Gasteiger partial charge in [0.15, 0.2) is 0 Å². The van der Waals surface area contributed by atoms with Crippen LogP contribution in [0.5, 0.6) is 0 Å².